The second-order valence-electron chi connectivity index (χ2n) is 4.66. The number of ether oxygens (including phenoxy) is 1. The third-order valence-electron chi connectivity index (χ3n) is 3.18. The second-order valence-corrected chi connectivity index (χ2v) is 5.50. The molecule has 120 valence electrons. The Hall–Kier alpha value is -2.24. The minimum atomic E-state index is -0.398. The fraction of sp³-hybridized carbons (Fsp3) is 0.125. The summed E-state index contributed by atoms with van der Waals surface area (Å²) < 4.78 is 5.17. The van der Waals surface area contributed by atoms with E-state index in [9.17, 15) is 9.90 Å². The number of nitrogens with zero attached hydrogens (tertiary/aromatic N) is 1. The molecule has 0 aromatic heterocycles. The van der Waals surface area contributed by atoms with E-state index in [1.807, 2.05) is 0 Å². The number of nitrogens with one attached hydrogen (secondary N) is 1. The number of hydrogen-bond donors (Lipinski definition) is 2. The number of halogens is 2. The number of benzene rings is 2. The van der Waals surface area contributed by atoms with Crippen molar-refractivity contribution in [2.75, 3.05) is 7.11 Å². The summed E-state index contributed by atoms with van der Waals surface area (Å²) in [6.45, 7) is 1.78. The number of aromatic hydroxyl groups is 1. The monoisotopic (exact) mass is 352 g/mol. The summed E-state index contributed by atoms with van der Waals surface area (Å²) in [6, 6.07) is 8.04. The molecule has 0 saturated carbocycles. The van der Waals surface area contributed by atoms with Gasteiger partial charge in [0, 0.05) is 21.7 Å². The molecule has 0 heterocycles. The van der Waals surface area contributed by atoms with Crippen LogP contribution in [0.5, 0.6) is 11.5 Å². The van der Waals surface area contributed by atoms with Crippen molar-refractivity contribution in [3.63, 3.8) is 0 Å². The largest absolute Gasteiger partial charge is 0.506 e. The van der Waals surface area contributed by atoms with Crippen LogP contribution in [-0.4, -0.2) is 24.3 Å². The van der Waals surface area contributed by atoms with E-state index in [4.69, 9.17) is 27.9 Å². The first kappa shape index (κ1) is 17.1. The molecule has 7 heteroatoms. The van der Waals surface area contributed by atoms with Crippen LogP contribution in [0, 0.1) is 6.92 Å². The predicted octanol–water partition coefficient (Wildman–Crippen LogP) is 3.78. The van der Waals surface area contributed by atoms with E-state index in [-0.39, 0.29) is 10.8 Å². The van der Waals surface area contributed by atoms with E-state index in [1.54, 1.807) is 25.1 Å². The molecule has 0 saturated heterocycles. The molecule has 1 amide bonds. The van der Waals surface area contributed by atoms with Crippen LogP contribution >= 0.6 is 23.2 Å². The molecule has 0 aliphatic rings. The first-order valence-corrected chi connectivity index (χ1v) is 7.34. The molecule has 2 aromatic rings. The third-order valence-corrected chi connectivity index (χ3v) is 3.68. The average molecular weight is 353 g/mol. The lowest BCUT2D eigenvalue weighted by molar-refractivity contribution is 0.0954. The zero-order valence-electron chi connectivity index (χ0n) is 12.4. The molecule has 0 fully saturated rings. The van der Waals surface area contributed by atoms with Crippen molar-refractivity contribution in [1.82, 2.24) is 5.43 Å². The zero-order valence-corrected chi connectivity index (χ0v) is 13.9. The Labute approximate surface area is 143 Å². The Morgan fingerprint density at radius 1 is 1.35 bits per heavy atom. The van der Waals surface area contributed by atoms with Crippen molar-refractivity contribution >= 4 is 35.3 Å². The van der Waals surface area contributed by atoms with Crippen LogP contribution in [0.25, 0.3) is 0 Å². The molecule has 23 heavy (non-hydrogen) atoms. The normalized spacial score (nSPS) is 10.8. The van der Waals surface area contributed by atoms with Crippen molar-refractivity contribution < 1.29 is 14.6 Å². The molecule has 0 spiro atoms. The number of hydrazone groups is 1. The SMILES string of the molecule is COc1cccc(C(=O)N/N=C/c2cc(Cl)cc(Cl)c2O)c1C. The first-order chi connectivity index (χ1) is 10.9. The van der Waals surface area contributed by atoms with Crippen molar-refractivity contribution in [3.8, 4) is 11.5 Å². The summed E-state index contributed by atoms with van der Waals surface area (Å²) in [5.41, 5.74) is 3.82. The maximum atomic E-state index is 12.1. The van der Waals surface area contributed by atoms with Crippen LogP contribution in [0.1, 0.15) is 21.5 Å². The number of phenols is 1. The minimum absolute atomic E-state index is 0.105. The lowest BCUT2D eigenvalue weighted by Gasteiger charge is -2.08. The van der Waals surface area contributed by atoms with Gasteiger partial charge in [0.15, 0.2) is 0 Å². The highest BCUT2D eigenvalue weighted by atomic mass is 35.5. The van der Waals surface area contributed by atoms with Crippen molar-refractivity contribution in [1.29, 1.82) is 0 Å². The summed E-state index contributed by atoms with van der Waals surface area (Å²) in [4.78, 5) is 12.1. The van der Waals surface area contributed by atoms with Crippen molar-refractivity contribution in [2.45, 2.75) is 6.92 Å². The molecule has 0 bridgehead atoms. The Balaban J connectivity index is 2.17. The van der Waals surface area contributed by atoms with Gasteiger partial charge in [0.25, 0.3) is 5.91 Å². The van der Waals surface area contributed by atoms with E-state index in [2.05, 4.69) is 10.5 Å². The summed E-state index contributed by atoms with van der Waals surface area (Å²) >= 11 is 11.7. The molecule has 0 atom stereocenters. The highest BCUT2D eigenvalue weighted by molar-refractivity contribution is 6.36. The molecule has 0 unspecified atom stereocenters. The van der Waals surface area contributed by atoms with Gasteiger partial charge < -0.3 is 9.84 Å². The van der Waals surface area contributed by atoms with Crippen LogP contribution < -0.4 is 10.2 Å². The van der Waals surface area contributed by atoms with Gasteiger partial charge in [-0.3, -0.25) is 4.79 Å². The summed E-state index contributed by atoms with van der Waals surface area (Å²) in [6.07, 6.45) is 1.26. The van der Waals surface area contributed by atoms with Gasteiger partial charge in [0.05, 0.1) is 18.3 Å². The third kappa shape index (κ3) is 3.94. The first-order valence-electron chi connectivity index (χ1n) is 6.59. The van der Waals surface area contributed by atoms with Gasteiger partial charge >= 0.3 is 0 Å². The fourth-order valence-electron chi connectivity index (χ4n) is 1.99. The van der Waals surface area contributed by atoms with Crippen LogP contribution in [-0.2, 0) is 0 Å². The Kier molecular flexibility index (Phi) is 5.47. The van der Waals surface area contributed by atoms with Gasteiger partial charge in [-0.15, -0.1) is 0 Å². The van der Waals surface area contributed by atoms with Gasteiger partial charge in [-0.25, -0.2) is 5.43 Å². The van der Waals surface area contributed by atoms with E-state index in [0.29, 0.717) is 27.5 Å². The van der Waals surface area contributed by atoms with E-state index in [1.165, 1.54) is 25.5 Å². The van der Waals surface area contributed by atoms with Crippen LogP contribution in [0.15, 0.2) is 35.4 Å². The van der Waals surface area contributed by atoms with Gasteiger partial charge in [-0.1, -0.05) is 29.3 Å². The van der Waals surface area contributed by atoms with Gasteiger partial charge in [-0.05, 0) is 31.2 Å². The van der Waals surface area contributed by atoms with Gasteiger partial charge in [0.2, 0.25) is 0 Å². The number of rotatable bonds is 4. The zero-order chi connectivity index (χ0) is 17.0. The molecule has 0 aliphatic heterocycles. The van der Waals surface area contributed by atoms with E-state index in [0.717, 1.165) is 0 Å². The smallest absolute Gasteiger partial charge is 0.271 e. The van der Waals surface area contributed by atoms with Crippen molar-refractivity contribution in [2.24, 2.45) is 5.10 Å². The lowest BCUT2D eigenvalue weighted by Crippen LogP contribution is -2.19. The predicted molar refractivity (Wildman–Crippen MR) is 90.9 cm³/mol. The van der Waals surface area contributed by atoms with Crippen LogP contribution in [0.3, 0.4) is 0 Å². The molecule has 5 nitrogen and oxygen atoms in total. The number of carbonyl (C=O) groups is 1. The maximum Gasteiger partial charge on any atom is 0.271 e. The van der Waals surface area contributed by atoms with Crippen molar-refractivity contribution in [3.05, 3.63) is 57.1 Å². The molecular formula is C16H14Cl2N2O3. The standard InChI is InChI=1S/C16H14Cl2N2O3/c1-9-12(4-3-5-14(9)23-2)16(22)20-19-8-10-6-11(17)7-13(18)15(10)21/h3-8,21H,1-2H3,(H,20,22)/b19-8+. The number of phenolic OH excluding ortho intramolecular Hbond substituents is 1. The summed E-state index contributed by atoms with van der Waals surface area (Å²) in [5, 5.41) is 14.1. The second kappa shape index (κ2) is 7.35. The lowest BCUT2D eigenvalue weighted by atomic mass is 10.1. The highest BCUT2D eigenvalue weighted by Gasteiger charge is 2.11. The maximum absolute atomic E-state index is 12.1. The molecule has 2 rings (SSSR count). The topological polar surface area (TPSA) is 70.9 Å². The summed E-state index contributed by atoms with van der Waals surface area (Å²) in [5.74, 6) is 0.0535. The molecule has 2 aromatic carbocycles. The average Bonchev–Trinajstić information content (AvgIpc) is 2.52. The minimum Gasteiger partial charge on any atom is -0.506 e. The van der Waals surface area contributed by atoms with E-state index < -0.39 is 5.91 Å². The number of hydrogen-bond acceptors (Lipinski definition) is 4. The van der Waals surface area contributed by atoms with E-state index >= 15 is 0 Å². The summed E-state index contributed by atoms with van der Waals surface area (Å²) in [7, 11) is 1.54. The van der Waals surface area contributed by atoms with Crippen LogP contribution in [0.4, 0.5) is 0 Å². The Morgan fingerprint density at radius 2 is 2.09 bits per heavy atom. The molecule has 0 radical (unpaired) electrons. The Bertz CT molecular complexity index is 776. The fourth-order valence-corrected chi connectivity index (χ4v) is 2.50. The number of carbonyl (C=O) groups excluding carboxylic acids is 1. The van der Waals surface area contributed by atoms with Gasteiger partial charge in [-0.2, -0.15) is 5.10 Å². The van der Waals surface area contributed by atoms with Crippen LogP contribution in [0.2, 0.25) is 10.0 Å². The molecule has 2 N–H and O–H groups in total. The number of amides is 1. The number of methoxy groups -OCH3 is 1. The quantitative estimate of drug-likeness (QED) is 0.649. The molecular weight excluding hydrogens is 339 g/mol. The Morgan fingerprint density at radius 3 is 2.78 bits per heavy atom. The molecule has 0 aliphatic carbocycles. The van der Waals surface area contributed by atoms with Gasteiger partial charge in [0.1, 0.15) is 11.5 Å². The highest BCUT2D eigenvalue weighted by Crippen LogP contribution is 2.30.